The molecule has 0 saturated carbocycles. The number of ether oxygens (including phenoxy) is 1. The second-order valence-corrected chi connectivity index (χ2v) is 5.99. The third kappa shape index (κ3) is 3.66. The monoisotopic (exact) mass is 321 g/mol. The molecule has 22 heavy (non-hydrogen) atoms. The molecule has 1 aliphatic rings. The van der Waals surface area contributed by atoms with E-state index in [1.807, 2.05) is 28.9 Å². The van der Waals surface area contributed by atoms with Gasteiger partial charge in [0.25, 0.3) is 0 Å². The Labute approximate surface area is 134 Å². The van der Waals surface area contributed by atoms with Crippen molar-refractivity contribution in [3.05, 3.63) is 46.5 Å². The Bertz CT molecular complexity index is 624. The highest BCUT2D eigenvalue weighted by molar-refractivity contribution is 6.30. The quantitative estimate of drug-likeness (QED) is 0.887. The minimum absolute atomic E-state index is 0.157. The van der Waals surface area contributed by atoms with E-state index in [0.717, 1.165) is 35.3 Å². The van der Waals surface area contributed by atoms with Gasteiger partial charge in [0.05, 0.1) is 6.61 Å². The maximum absolute atomic E-state index is 9.06. The highest BCUT2D eigenvalue weighted by Gasteiger charge is 2.24. The molecule has 1 aromatic carbocycles. The largest absolute Gasteiger partial charge is 0.396 e. The number of nitrogens with zero attached hydrogens (tertiary/aromatic N) is 3. The van der Waals surface area contributed by atoms with Gasteiger partial charge in [-0.3, -0.25) is 0 Å². The van der Waals surface area contributed by atoms with Gasteiger partial charge in [-0.1, -0.05) is 23.7 Å². The summed E-state index contributed by atoms with van der Waals surface area (Å²) in [6, 6.07) is 7.76. The van der Waals surface area contributed by atoms with Gasteiger partial charge in [-0.05, 0) is 30.5 Å². The predicted octanol–water partition coefficient (Wildman–Crippen LogP) is 2.41. The van der Waals surface area contributed by atoms with Crippen molar-refractivity contribution >= 4 is 11.6 Å². The van der Waals surface area contributed by atoms with Gasteiger partial charge in [-0.15, -0.1) is 0 Å². The van der Waals surface area contributed by atoms with E-state index in [-0.39, 0.29) is 6.61 Å². The number of hydrogen-bond acceptors (Lipinski definition) is 4. The van der Waals surface area contributed by atoms with E-state index >= 15 is 0 Å². The van der Waals surface area contributed by atoms with Gasteiger partial charge in [0, 0.05) is 37.1 Å². The van der Waals surface area contributed by atoms with E-state index in [1.165, 1.54) is 0 Å². The average molecular weight is 322 g/mol. The van der Waals surface area contributed by atoms with Gasteiger partial charge < -0.3 is 9.84 Å². The molecule has 1 aliphatic heterocycles. The number of aliphatic hydroxyl groups excluding tert-OH is 1. The van der Waals surface area contributed by atoms with Gasteiger partial charge in [0.15, 0.2) is 5.82 Å². The molecule has 6 heteroatoms. The lowest BCUT2D eigenvalue weighted by Crippen LogP contribution is -2.11. The van der Waals surface area contributed by atoms with Crippen LogP contribution >= 0.6 is 11.6 Å². The van der Waals surface area contributed by atoms with Crippen molar-refractivity contribution in [2.75, 3.05) is 19.8 Å². The van der Waals surface area contributed by atoms with Crippen molar-refractivity contribution in [1.82, 2.24) is 14.8 Å². The van der Waals surface area contributed by atoms with Crippen LogP contribution in [0.4, 0.5) is 0 Å². The van der Waals surface area contributed by atoms with E-state index in [4.69, 9.17) is 26.4 Å². The van der Waals surface area contributed by atoms with Gasteiger partial charge in [-0.2, -0.15) is 5.10 Å². The zero-order valence-corrected chi connectivity index (χ0v) is 13.2. The Morgan fingerprint density at radius 1 is 1.41 bits per heavy atom. The molecule has 1 N–H and O–H groups in total. The standard InChI is InChI=1S/C16H20ClN3O2/c17-14-4-1-3-12(9-14)10-15-18-16(13-5-8-22-11-13)20(19-15)6-2-7-21/h1,3-4,9,13,21H,2,5-8,10-11H2/t13-/m1/s1. The highest BCUT2D eigenvalue weighted by Crippen LogP contribution is 2.24. The van der Waals surface area contributed by atoms with E-state index in [2.05, 4.69) is 5.10 Å². The molecule has 1 fully saturated rings. The van der Waals surface area contributed by atoms with Crippen LogP contribution in [-0.4, -0.2) is 39.7 Å². The molecule has 0 radical (unpaired) electrons. The van der Waals surface area contributed by atoms with Crippen LogP contribution in [0.2, 0.25) is 5.02 Å². The minimum atomic E-state index is 0.157. The van der Waals surface area contributed by atoms with Crippen LogP contribution < -0.4 is 0 Å². The molecule has 0 unspecified atom stereocenters. The molecular weight excluding hydrogens is 302 g/mol. The molecule has 1 saturated heterocycles. The molecule has 3 rings (SSSR count). The summed E-state index contributed by atoms with van der Waals surface area (Å²) in [6.07, 6.45) is 2.32. The van der Waals surface area contributed by atoms with Crippen molar-refractivity contribution in [3.8, 4) is 0 Å². The fraction of sp³-hybridized carbons (Fsp3) is 0.500. The Hall–Kier alpha value is -1.43. The molecule has 0 amide bonds. The van der Waals surface area contributed by atoms with Crippen LogP contribution in [0.25, 0.3) is 0 Å². The molecule has 1 atom stereocenters. The smallest absolute Gasteiger partial charge is 0.155 e. The lowest BCUT2D eigenvalue weighted by Gasteiger charge is -2.08. The van der Waals surface area contributed by atoms with Crippen LogP contribution in [0.3, 0.4) is 0 Å². The van der Waals surface area contributed by atoms with Crippen molar-refractivity contribution in [2.24, 2.45) is 0 Å². The lowest BCUT2D eigenvalue weighted by atomic mass is 10.1. The van der Waals surface area contributed by atoms with E-state index in [0.29, 0.717) is 31.9 Å². The van der Waals surface area contributed by atoms with Gasteiger partial charge in [0.2, 0.25) is 0 Å². The first-order chi connectivity index (χ1) is 10.8. The van der Waals surface area contributed by atoms with Gasteiger partial charge in [0.1, 0.15) is 5.82 Å². The summed E-state index contributed by atoms with van der Waals surface area (Å²) in [5, 5.41) is 14.4. The zero-order chi connectivity index (χ0) is 15.4. The van der Waals surface area contributed by atoms with Crippen LogP contribution in [0.5, 0.6) is 0 Å². The fourth-order valence-corrected chi connectivity index (χ4v) is 2.95. The first-order valence-electron chi connectivity index (χ1n) is 7.63. The SMILES string of the molecule is OCCCn1nc(Cc2cccc(Cl)c2)nc1[C@@H]1CCOC1. The predicted molar refractivity (Wildman–Crippen MR) is 84.2 cm³/mol. The summed E-state index contributed by atoms with van der Waals surface area (Å²) in [4.78, 5) is 4.72. The number of aryl methyl sites for hydroxylation is 1. The molecule has 2 aromatic rings. The second-order valence-electron chi connectivity index (χ2n) is 5.55. The Morgan fingerprint density at radius 2 is 2.32 bits per heavy atom. The molecule has 2 heterocycles. The molecule has 118 valence electrons. The summed E-state index contributed by atoms with van der Waals surface area (Å²) in [5.74, 6) is 2.07. The highest BCUT2D eigenvalue weighted by atomic mass is 35.5. The minimum Gasteiger partial charge on any atom is -0.396 e. The number of aromatic nitrogens is 3. The summed E-state index contributed by atoms with van der Waals surface area (Å²) >= 11 is 6.03. The number of rotatable bonds is 6. The number of hydrogen-bond donors (Lipinski definition) is 1. The van der Waals surface area contributed by atoms with Crippen molar-refractivity contribution < 1.29 is 9.84 Å². The van der Waals surface area contributed by atoms with E-state index in [1.54, 1.807) is 0 Å². The first kappa shape index (κ1) is 15.5. The van der Waals surface area contributed by atoms with Crippen LogP contribution in [0.1, 0.15) is 36.0 Å². The number of benzene rings is 1. The van der Waals surface area contributed by atoms with Crippen molar-refractivity contribution in [1.29, 1.82) is 0 Å². The maximum atomic E-state index is 9.06. The molecular formula is C16H20ClN3O2. The molecule has 1 aromatic heterocycles. The van der Waals surface area contributed by atoms with Crippen LogP contribution in [0.15, 0.2) is 24.3 Å². The summed E-state index contributed by atoms with van der Waals surface area (Å²) in [5.41, 5.74) is 1.10. The Kier molecular flexibility index (Phi) is 5.08. The molecule has 5 nitrogen and oxygen atoms in total. The third-order valence-corrected chi connectivity index (χ3v) is 4.05. The molecule has 0 spiro atoms. The normalized spacial score (nSPS) is 18.0. The van der Waals surface area contributed by atoms with Crippen LogP contribution in [-0.2, 0) is 17.7 Å². The number of aliphatic hydroxyl groups is 1. The van der Waals surface area contributed by atoms with Crippen molar-refractivity contribution in [3.63, 3.8) is 0 Å². The van der Waals surface area contributed by atoms with E-state index in [9.17, 15) is 0 Å². The van der Waals surface area contributed by atoms with Gasteiger partial charge >= 0.3 is 0 Å². The molecule has 0 aliphatic carbocycles. The maximum Gasteiger partial charge on any atom is 0.155 e. The summed E-state index contributed by atoms with van der Waals surface area (Å²) in [6.45, 7) is 2.32. The van der Waals surface area contributed by atoms with Crippen LogP contribution in [0, 0.1) is 0 Å². The third-order valence-electron chi connectivity index (χ3n) is 3.82. The Morgan fingerprint density at radius 3 is 3.05 bits per heavy atom. The first-order valence-corrected chi connectivity index (χ1v) is 8.00. The zero-order valence-electron chi connectivity index (χ0n) is 12.4. The summed E-state index contributed by atoms with van der Waals surface area (Å²) in [7, 11) is 0. The molecule has 0 bridgehead atoms. The Balaban J connectivity index is 1.81. The average Bonchev–Trinajstić information content (AvgIpc) is 3.14. The summed E-state index contributed by atoms with van der Waals surface area (Å²) < 4.78 is 7.39. The van der Waals surface area contributed by atoms with Gasteiger partial charge in [-0.25, -0.2) is 9.67 Å². The lowest BCUT2D eigenvalue weighted by molar-refractivity contribution is 0.192. The van der Waals surface area contributed by atoms with Crippen molar-refractivity contribution in [2.45, 2.75) is 31.7 Å². The number of halogens is 1. The van der Waals surface area contributed by atoms with E-state index < -0.39 is 0 Å². The topological polar surface area (TPSA) is 60.2 Å². The second kappa shape index (κ2) is 7.22. The fourth-order valence-electron chi connectivity index (χ4n) is 2.73.